The molecule has 2 atom stereocenters. The van der Waals surface area contributed by atoms with Crippen molar-refractivity contribution in [3.63, 3.8) is 0 Å². The monoisotopic (exact) mass is 289 g/mol. The Morgan fingerprint density at radius 1 is 1.33 bits per heavy atom. The molecule has 0 bridgehead atoms. The van der Waals surface area contributed by atoms with Crippen LogP contribution in [0.3, 0.4) is 0 Å². The van der Waals surface area contributed by atoms with Crippen molar-refractivity contribution in [2.45, 2.75) is 25.9 Å². The highest BCUT2D eigenvalue weighted by Gasteiger charge is 2.31. The maximum Gasteiger partial charge on any atom is 0.251 e. The van der Waals surface area contributed by atoms with Crippen molar-refractivity contribution >= 4 is 11.8 Å². The highest BCUT2D eigenvalue weighted by atomic mass is 16.2. The van der Waals surface area contributed by atoms with Crippen LogP contribution in [0.15, 0.2) is 24.3 Å². The number of nitrogens with one attached hydrogen (secondary N) is 2. The lowest BCUT2D eigenvalue weighted by atomic mass is 10.0. The van der Waals surface area contributed by atoms with Crippen molar-refractivity contribution in [3.05, 3.63) is 35.4 Å². The number of carbonyl (C=O) groups is 2. The average molecular weight is 289 g/mol. The lowest BCUT2D eigenvalue weighted by molar-refractivity contribution is -0.134. The summed E-state index contributed by atoms with van der Waals surface area (Å²) in [5.74, 6) is 0.153. The van der Waals surface area contributed by atoms with E-state index in [4.69, 9.17) is 0 Å². The lowest BCUT2D eigenvalue weighted by Crippen LogP contribution is -2.37. The summed E-state index contributed by atoms with van der Waals surface area (Å²) in [6.07, 6.45) is 0.903. The Morgan fingerprint density at radius 2 is 2.00 bits per heavy atom. The van der Waals surface area contributed by atoms with Gasteiger partial charge in [0.1, 0.15) is 0 Å². The smallest absolute Gasteiger partial charge is 0.251 e. The molecule has 0 spiro atoms. The second-order valence-electron chi connectivity index (χ2n) is 5.61. The fourth-order valence-corrected chi connectivity index (χ4v) is 2.74. The van der Waals surface area contributed by atoms with Gasteiger partial charge in [0.25, 0.3) is 5.91 Å². The summed E-state index contributed by atoms with van der Waals surface area (Å²) in [5.41, 5.74) is 1.65. The predicted octanol–water partition coefficient (Wildman–Crippen LogP) is 1.00. The van der Waals surface area contributed by atoms with Crippen molar-refractivity contribution in [3.8, 4) is 0 Å². The standard InChI is InChI=1S/C16H23N3O2/c1-11-14(8-9-18-11)16(21)19(3)10-12-4-6-13(7-5-12)15(20)17-2/h4-7,11,14,18H,8-10H2,1-3H3,(H,17,20). The van der Waals surface area contributed by atoms with Gasteiger partial charge in [0.2, 0.25) is 5.91 Å². The van der Waals surface area contributed by atoms with Crippen LogP contribution in [0.2, 0.25) is 0 Å². The number of rotatable bonds is 4. The van der Waals surface area contributed by atoms with Crippen LogP contribution in [0.25, 0.3) is 0 Å². The minimum Gasteiger partial charge on any atom is -0.355 e. The van der Waals surface area contributed by atoms with Crippen molar-refractivity contribution in [1.29, 1.82) is 0 Å². The van der Waals surface area contributed by atoms with Crippen LogP contribution >= 0.6 is 0 Å². The zero-order valence-corrected chi connectivity index (χ0v) is 12.8. The molecular weight excluding hydrogens is 266 g/mol. The number of amides is 2. The molecule has 1 heterocycles. The normalized spacial score (nSPS) is 21.1. The summed E-state index contributed by atoms with van der Waals surface area (Å²) >= 11 is 0. The first-order valence-electron chi connectivity index (χ1n) is 7.32. The van der Waals surface area contributed by atoms with Gasteiger partial charge in [-0.3, -0.25) is 9.59 Å². The highest BCUT2D eigenvalue weighted by Crippen LogP contribution is 2.18. The molecule has 2 unspecified atom stereocenters. The molecule has 0 aliphatic carbocycles. The zero-order chi connectivity index (χ0) is 15.4. The van der Waals surface area contributed by atoms with E-state index in [1.165, 1.54) is 0 Å². The van der Waals surface area contributed by atoms with Gasteiger partial charge in [-0.25, -0.2) is 0 Å². The van der Waals surface area contributed by atoms with E-state index < -0.39 is 0 Å². The Labute approximate surface area is 125 Å². The predicted molar refractivity (Wildman–Crippen MR) is 81.9 cm³/mol. The molecule has 1 aromatic carbocycles. The summed E-state index contributed by atoms with van der Waals surface area (Å²) in [6, 6.07) is 7.60. The van der Waals surface area contributed by atoms with Gasteiger partial charge >= 0.3 is 0 Å². The van der Waals surface area contributed by atoms with Gasteiger partial charge in [-0.15, -0.1) is 0 Å². The van der Waals surface area contributed by atoms with E-state index in [1.54, 1.807) is 24.1 Å². The third-order valence-corrected chi connectivity index (χ3v) is 4.08. The van der Waals surface area contributed by atoms with E-state index in [1.807, 2.05) is 19.2 Å². The van der Waals surface area contributed by atoms with E-state index in [0.717, 1.165) is 18.5 Å². The van der Waals surface area contributed by atoms with Crippen LogP contribution in [0, 0.1) is 5.92 Å². The molecule has 21 heavy (non-hydrogen) atoms. The second kappa shape index (κ2) is 6.72. The van der Waals surface area contributed by atoms with E-state index >= 15 is 0 Å². The van der Waals surface area contributed by atoms with E-state index in [-0.39, 0.29) is 23.8 Å². The first-order chi connectivity index (χ1) is 10.0. The van der Waals surface area contributed by atoms with E-state index in [9.17, 15) is 9.59 Å². The maximum atomic E-state index is 12.4. The van der Waals surface area contributed by atoms with Crippen LogP contribution < -0.4 is 10.6 Å². The molecule has 0 saturated carbocycles. The van der Waals surface area contributed by atoms with Gasteiger partial charge in [0, 0.05) is 32.2 Å². The molecule has 2 rings (SSSR count). The van der Waals surface area contributed by atoms with Crippen LogP contribution in [-0.4, -0.2) is 43.4 Å². The quantitative estimate of drug-likeness (QED) is 0.869. The third-order valence-electron chi connectivity index (χ3n) is 4.08. The van der Waals surface area contributed by atoms with Gasteiger partial charge in [-0.1, -0.05) is 12.1 Å². The molecule has 5 heteroatoms. The van der Waals surface area contributed by atoms with Crippen LogP contribution in [0.4, 0.5) is 0 Å². The number of carbonyl (C=O) groups excluding carboxylic acids is 2. The molecule has 0 aromatic heterocycles. The maximum absolute atomic E-state index is 12.4. The molecule has 0 radical (unpaired) electrons. The van der Waals surface area contributed by atoms with E-state index in [2.05, 4.69) is 17.6 Å². The SMILES string of the molecule is CNC(=O)c1ccc(CN(C)C(=O)C2CCNC2C)cc1. The second-order valence-corrected chi connectivity index (χ2v) is 5.61. The van der Waals surface area contributed by atoms with Crippen LogP contribution in [-0.2, 0) is 11.3 Å². The first-order valence-corrected chi connectivity index (χ1v) is 7.32. The van der Waals surface area contributed by atoms with Gasteiger partial charge in [0.05, 0.1) is 5.92 Å². The zero-order valence-electron chi connectivity index (χ0n) is 12.8. The number of hydrogen-bond donors (Lipinski definition) is 2. The first kappa shape index (κ1) is 15.5. The largest absolute Gasteiger partial charge is 0.355 e. The Balaban J connectivity index is 1.97. The van der Waals surface area contributed by atoms with Gasteiger partial charge in [0.15, 0.2) is 0 Å². The molecule has 1 aliphatic rings. The number of hydrogen-bond acceptors (Lipinski definition) is 3. The van der Waals surface area contributed by atoms with Gasteiger partial charge < -0.3 is 15.5 Å². The molecule has 1 aliphatic heterocycles. The fraction of sp³-hybridized carbons (Fsp3) is 0.500. The Kier molecular flexibility index (Phi) is 4.96. The van der Waals surface area contributed by atoms with Crippen molar-refractivity contribution in [2.75, 3.05) is 20.6 Å². The number of benzene rings is 1. The van der Waals surface area contributed by atoms with Gasteiger partial charge in [-0.2, -0.15) is 0 Å². The van der Waals surface area contributed by atoms with Crippen molar-refractivity contribution in [2.24, 2.45) is 5.92 Å². The minimum atomic E-state index is -0.100. The summed E-state index contributed by atoms with van der Waals surface area (Å²) in [4.78, 5) is 25.7. The topological polar surface area (TPSA) is 61.4 Å². The summed E-state index contributed by atoms with van der Waals surface area (Å²) in [6.45, 7) is 3.53. The van der Waals surface area contributed by atoms with Crippen molar-refractivity contribution < 1.29 is 9.59 Å². The fourth-order valence-electron chi connectivity index (χ4n) is 2.74. The molecule has 1 aromatic rings. The molecule has 114 valence electrons. The summed E-state index contributed by atoms with van der Waals surface area (Å²) in [7, 11) is 3.44. The van der Waals surface area contributed by atoms with Crippen LogP contribution in [0.1, 0.15) is 29.3 Å². The van der Waals surface area contributed by atoms with Gasteiger partial charge in [-0.05, 0) is 37.6 Å². The van der Waals surface area contributed by atoms with E-state index in [0.29, 0.717) is 12.1 Å². The van der Waals surface area contributed by atoms with Crippen LogP contribution in [0.5, 0.6) is 0 Å². The molecule has 5 nitrogen and oxygen atoms in total. The Hall–Kier alpha value is -1.88. The third kappa shape index (κ3) is 3.61. The average Bonchev–Trinajstić information content (AvgIpc) is 2.92. The Bertz CT molecular complexity index is 513. The molecule has 2 N–H and O–H groups in total. The summed E-state index contributed by atoms with van der Waals surface area (Å²) < 4.78 is 0. The Morgan fingerprint density at radius 3 is 2.52 bits per heavy atom. The molecular formula is C16H23N3O2. The molecule has 1 fully saturated rings. The van der Waals surface area contributed by atoms with Crippen molar-refractivity contribution in [1.82, 2.24) is 15.5 Å². The highest BCUT2D eigenvalue weighted by molar-refractivity contribution is 5.93. The minimum absolute atomic E-state index is 0.0696. The molecule has 2 amide bonds. The number of nitrogens with zero attached hydrogens (tertiary/aromatic N) is 1. The summed E-state index contributed by atoms with van der Waals surface area (Å²) in [5, 5.41) is 5.89. The molecule has 1 saturated heterocycles. The lowest BCUT2D eigenvalue weighted by Gasteiger charge is -2.23.